The van der Waals surface area contributed by atoms with Crippen LogP contribution in [0.5, 0.6) is 5.75 Å². The Balaban J connectivity index is 1.79. The van der Waals surface area contributed by atoms with Gasteiger partial charge in [0.25, 0.3) is 5.69 Å². The number of nitro groups is 1. The van der Waals surface area contributed by atoms with Crippen molar-refractivity contribution in [2.45, 2.75) is 25.0 Å². The largest absolute Gasteiger partial charge is 0.491 e. The number of benzene rings is 1. The quantitative estimate of drug-likeness (QED) is 0.603. The molecular formula is C16H25N3O4. The average Bonchev–Trinajstić information content (AvgIpc) is 2.53. The second kappa shape index (κ2) is 8.24. The lowest BCUT2D eigenvalue weighted by Gasteiger charge is -2.36. The van der Waals surface area contributed by atoms with Crippen molar-refractivity contribution in [1.29, 1.82) is 0 Å². The second-order valence-electron chi connectivity index (χ2n) is 6.24. The van der Waals surface area contributed by atoms with Crippen molar-refractivity contribution < 1.29 is 14.8 Å². The molecule has 1 aromatic carbocycles. The molecule has 1 saturated heterocycles. The Bertz CT molecular complexity index is 524. The standard InChI is InChI=1S/C16H25N3O4/c1-17(2)14-6-4-8-18(10-14)11-15(20)12-23-16-7-3-5-13(9-16)19(21)22/h3,5,7,9,14-15,20H,4,6,8,10-12H2,1-2H3. The number of hydrogen-bond acceptors (Lipinski definition) is 6. The van der Waals surface area contributed by atoms with Crippen LogP contribution in [0.1, 0.15) is 12.8 Å². The lowest BCUT2D eigenvalue weighted by atomic mass is 10.0. The van der Waals surface area contributed by atoms with Gasteiger partial charge in [-0.2, -0.15) is 0 Å². The number of ether oxygens (including phenoxy) is 1. The van der Waals surface area contributed by atoms with Crippen LogP contribution in [0, 0.1) is 10.1 Å². The van der Waals surface area contributed by atoms with Crippen molar-refractivity contribution in [2.75, 3.05) is 40.3 Å². The molecule has 1 N–H and O–H groups in total. The summed E-state index contributed by atoms with van der Waals surface area (Å²) in [5, 5.41) is 20.9. The topological polar surface area (TPSA) is 79.1 Å². The van der Waals surface area contributed by atoms with Gasteiger partial charge in [-0.25, -0.2) is 0 Å². The maximum atomic E-state index is 10.7. The second-order valence-corrected chi connectivity index (χ2v) is 6.24. The van der Waals surface area contributed by atoms with Crippen molar-refractivity contribution in [3.05, 3.63) is 34.4 Å². The molecule has 1 aliphatic heterocycles. The normalized spacial score (nSPS) is 20.4. The molecule has 2 atom stereocenters. The number of likely N-dealkylation sites (N-methyl/N-ethyl adjacent to an activating group) is 1. The predicted molar refractivity (Wildman–Crippen MR) is 87.7 cm³/mol. The fourth-order valence-electron chi connectivity index (χ4n) is 2.85. The van der Waals surface area contributed by atoms with Crippen LogP contribution in [0.2, 0.25) is 0 Å². The molecule has 1 aromatic rings. The molecule has 1 heterocycles. The smallest absolute Gasteiger partial charge is 0.273 e. The van der Waals surface area contributed by atoms with Crippen LogP contribution in [-0.2, 0) is 0 Å². The summed E-state index contributed by atoms with van der Waals surface area (Å²) in [6.07, 6.45) is 1.70. The number of rotatable bonds is 7. The molecule has 128 valence electrons. The molecule has 0 saturated carbocycles. The highest BCUT2D eigenvalue weighted by atomic mass is 16.6. The van der Waals surface area contributed by atoms with Crippen molar-refractivity contribution >= 4 is 5.69 Å². The summed E-state index contributed by atoms with van der Waals surface area (Å²) in [5.41, 5.74) is -0.0122. The van der Waals surface area contributed by atoms with E-state index in [1.165, 1.54) is 18.6 Å². The van der Waals surface area contributed by atoms with E-state index in [0.717, 1.165) is 19.5 Å². The minimum Gasteiger partial charge on any atom is -0.491 e. The molecule has 2 unspecified atom stereocenters. The summed E-state index contributed by atoms with van der Waals surface area (Å²) >= 11 is 0. The number of nitro benzene ring substituents is 1. The Hall–Kier alpha value is -1.70. The number of piperidine rings is 1. The lowest BCUT2D eigenvalue weighted by molar-refractivity contribution is -0.384. The van der Waals surface area contributed by atoms with E-state index >= 15 is 0 Å². The first kappa shape index (κ1) is 17.7. The minimum atomic E-state index is -0.616. The minimum absolute atomic E-state index is 0.0122. The number of aliphatic hydroxyl groups is 1. The Kier molecular flexibility index (Phi) is 6.32. The van der Waals surface area contributed by atoms with Crippen LogP contribution >= 0.6 is 0 Å². The van der Waals surface area contributed by atoms with Gasteiger partial charge in [-0.15, -0.1) is 0 Å². The van der Waals surface area contributed by atoms with Crippen molar-refractivity contribution in [3.63, 3.8) is 0 Å². The monoisotopic (exact) mass is 323 g/mol. The summed E-state index contributed by atoms with van der Waals surface area (Å²) in [7, 11) is 4.16. The van der Waals surface area contributed by atoms with E-state index in [-0.39, 0.29) is 12.3 Å². The first-order chi connectivity index (χ1) is 11.0. The van der Waals surface area contributed by atoms with Crippen LogP contribution in [0.15, 0.2) is 24.3 Å². The van der Waals surface area contributed by atoms with E-state index in [2.05, 4.69) is 23.9 Å². The Labute approximate surface area is 136 Å². The van der Waals surface area contributed by atoms with Crippen LogP contribution < -0.4 is 4.74 Å². The summed E-state index contributed by atoms with van der Waals surface area (Å²) in [6.45, 7) is 2.61. The Morgan fingerprint density at radius 2 is 2.30 bits per heavy atom. The zero-order valence-electron chi connectivity index (χ0n) is 13.7. The molecule has 0 aromatic heterocycles. The van der Waals surface area contributed by atoms with Crippen LogP contribution in [-0.4, -0.2) is 72.3 Å². The number of β-amino-alcohol motifs (C(OH)–C–C–N with tert-alkyl or cyclic N) is 1. The summed E-state index contributed by atoms with van der Waals surface area (Å²) in [4.78, 5) is 14.7. The molecule has 1 fully saturated rings. The summed E-state index contributed by atoms with van der Waals surface area (Å²) < 4.78 is 5.48. The summed E-state index contributed by atoms with van der Waals surface area (Å²) in [6, 6.07) is 6.54. The van der Waals surface area contributed by atoms with Gasteiger partial charge in [0.15, 0.2) is 0 Å². The number of hydrogen-bond donors (Lipinski definition) is 1. The fraction of sp³-hybridized carbons (Fsp3) is 0.625. The first-order valence-corrected chi connectivity index (χ1v) is 7.90. The molecule has 0 aliphatic carbocycles. The van der Waals surface area contributed by atoms with Gasteiger partial charge < -0.3 is 14.7 Å². The third-order valence-corrected chi connectivity index (χ3v) is 4.15. The van der Waals surface area contributed by atoms with Crippen LogP contribution in [0.4, 0.5) is 5.69 Å². The van der Waals surface area contributed by atoms with E-state index in [4.69, 9.17) is 4.74 Å². The number of likely N-dealkylation sites (tertiary alicyclic amines) is 1. The van der Waals surface area contributed by atoms with Gasteiger partial charge in [-0.05, 0) is 39.5 Å². The highest BCUT2D eigenvalue weighted by molar-refractivity contribution is 5.37. The van der Waals surface area contributed by atoms with Gasteiger partial charge in [0.2, 0.25) is 0 Å². The van der Waals surface area contributed by atoms with Crippen molar-refractivity contribution in [3.8, 4) is 5.75 Å². The van der Waals surface area contributed by atoms with E-state index in [0.29, 0.717) is 18.3 Å². The van der Waals surface area contributed by atoms with Gasteiger partial charge >= 0.3 is 0 Å². The van der Waals surface area contributed by atoms with Gasteiger partial charge in [0.1, 0.15) is 18.5 Å². The van der Waals surface area contributed by atoms with Gasteiger partial charge in [-0.1, -0.05) is 6.07 Å². The third-order valence-electron chi connectivity index (χ3n) is 4.15. The summed E-state index contributed by atoms with van der Waals surface area (Å²) in [5.74, 6) is 0.406. The fourth-order valence-corrected chi connectivity index (χ4v) is 2.85. The van der Waals surface area contributed by atoms with Crippen LogP contribution in [0.25, 0.3) is 0 Å². The highest BCUT2D eigenvalue weighted by Gasteiger charge is 2.23. The third kappa shape index (κ3) is 5.46. The molecule has 1 aliphatic rings. The maximum Gasteiger partial charge on any atom is 0.273 e. The predicted octanol–water partition coefficient (Wildman–Crippen LogP) is 1.36. The van der Waals surface area contributed by atoms with Gasteiger partial charge in [0.05, 0.1) is 11.0 Å². The average molecular weight is 323 g/mol. The zero-order chi connectivity index (χ0) is 16.8. The van der Waals surface area contributed by atoms with Crippen molar-refractivity contribution in [2.24, 2.45) is 0 Å². The van der Waals surface area contributed by atoms with Crippen LogP contribution in [0.3, 0.4) is 0 Å². The van der Waals surface area contributed by atoms with Gasteiger partial charge in [0, 0.05) is 25.2 Å². The molecule has 0 spiro atoms. The number of non-ortho nitro benzene ring substituents is 1. The molecular weight excluding hydrogens is 298 g/mol. The zero-order valence-corrected chi connectivity index (χ0v) is 13.7. The van der Waals surface area contributed by atoms with E-state index in [9.17, 15) is 15.2 Å². The maximum absolute atomic E-state index is 10.7. The van der Waals surface area contributed by atoms with E-state index < -0.39 is 11.0 Å². The molecule has 23 heavy (non-hydrogen) atoms. The Morgan fingerprint density at radius 1 is 1.52 bits per heavy atom. The lowest BCUT2D eigenvalue weighted by Crippen LogP contribution is -2.48. The number of aliphatic hydroxyl groups excluding tert-OH is 1. The SMILES string of the molecule is CN(C)C1CCCN(CC(O)COc2cccc([N+](=O)[O-])c2)C1. The van der Waals surface area contributed by atoms with E-state index in [1.807, 2.05) is 0 Å². The van der Waals surface area contributed by atoms with Gasteiger partial charge in [-0.3, -0.25) is 15.0 Å². The highest BCUT2D eigenvalue weighted by Crippen LogP contribution is 2.19. The first-order valence-electron chi connectivity index (χ1n) is 7.90. The molecule has 2 rings (SSSR count). The molecule has 0 amide bonds. The molecule has 7 nitrogen and oxygen atoms in total. The Morgan fingerprint density at radius 3 is 3.00 bits per heavy atom. The molecule has 7 heteroatoms. The number of nitrogens with zero attached hydrogens (tertiary/aromatic N) is 3. The van der Waals surface area contributed by atoms with Crippen molar-refractivity contribution in [1.82, 2.24) is 9.80 Å². The van der Waals surface area contributed by atoms with E-state index in [1.54, 1.807) is 12.1 Å². The molecule has 0 bridgehead atoms. The molecule has 0 radical (unpaired) electrons.